The average molecular weight is 306 g/mol. The Morgan fingerprint density at radius 3 is 2.81 bits per heavy atom. The quantitative estimate of drug-likeness (QED) is 0.887. The highest BCUT2D eigenvalue weighted by Gasteiger charge is 2.22. The Balaban J connectivity index is 2.20. The molecule has 0 saturated carbocycles. The summed E-state index contributed by atoms with van der Waals surface area (Å²) < 4.78 is 1.63. The molecule has 5 heteroatoms. The van der Waals surface area contributed by atoms with Gasteiger partial charge in [-0.3, -0.25) is 9.36 Å². The smallest absolute Gasteiger partial charge is 0.262 e. The molecule has 2 heterocycles. The summed E-state index contributed by atoms with van der Waals surface area (Å²) in [6.07, 6.45) is 7.27. The Labute approximate surface area is 128 Å². The molecule has 3 rings (SSSR count). The van der Waals surface area contributed by atoms with Gasteiger partial charge in [0.15, 0.2) is 0 Å². The van der Waals surface area contributed by atoms with Crippen molar-refractivity contribution in [2.75, 3.05) is 6.61 Å². The van der Waals surface area contributed by atoms with Crippen molar-refractivity contribution in [2.45, 2.75) is 52.0 Å². The van der Waals surface area contributed by atoms with E-state index < -0.39 is 0 Å². The van der Waals surface area contributed by atoms with Crippen molar-refractivity contribution in [3.8, 4) is 0 Å². The van der Waals surface area contributed by atoms with Crippen LogP contribution in [0.25, 0.3) is 10.2 Å². The molecule has 2 aromatic heterocycles. The van der Waals surface area contributed by atoms with Gasteiger partial charge in [-0.05, 0) is 37.2 Å². The molecule has 0 amide bonds. The Kier molecular flexibility index (Phi) is 4.13. The number of aliphatic hydroxyl groups is 1. The van der Waals surface area contributed by atoms with Gasteiger partial charge in [-0.1, -0.05) is 20.3 Å². The molecular weight excluding hydrogens is 284 g/mol. The second-order valence-electron chi connectivity index (χ2n) is 6.20. The van der Waals surface area contributed by atoms with Crippen LogP contribution >= 0.6 is 11.3 Å². The maximum Gasteiger partial charge on any atom is 0.262 e. The van der Waals surface area contributed by atoms with E-state index >= 15 is 0 Å². The molecule has 1 atom stereocenters. The summed E-state index contributed by atoms with van der Waals surface area (Å²) in [5.41, 5.74) is 1.24. The van der Waals surface area contributed by atoms with Crippen LogP contribution in [0.1, 0.15) is 49.6 Å². The van der Waals surface area contributed by atoms with Gasteiger partial charge in [-0.25, -0.2) is 4.98 Å². The Bertz CT molecular complexity index is 702. The van der Waals surface area contributed by atoms with E-state index in [0.717, 1.165) is 29.5 Å². The Morgan fingerprint density at radius 1 is 1.33 bits per heavy atom. The summed E-state index contributed by atoms with van der Waals surface area (Å²) in [4.78, 5) is 19.6. The van der Waals surface area contributed by atoms with E-state index in [2.05, 4.69) is 4.98 Å². The molecule has 114 valence electrons. The fraction of sp³-hybridized carbons (Fsp3) is 0.625. The number of nitrogens with zero attached hydrogens (tertiary/aromatic N) is 2. The first-order chi connectivity index (χ1) is 10.1. The van der Waals surface area contributed by atoms with E-state index in [0.29, 0.717) is 0 Å². The van der Waals surface area contributed by atoms with Gasteiger partial charge >= 0.3 is 0 Å². The van der Waals surface area contributed by atoms with Crippen molar-refractivity contribution in [3.05, 3.63) is 27.1 Å². The topological polar surface area (TPSA) is 55.1 Å². The van der Waals surface area contributed by atoms with Crippen molar-refractivity contribution >= 4 is 21.6 Å². The van der Waals surface area contributed by atoms with Crippen LogP contribution in [0.2, 0.25) is 0 Å². The predicted molar refractivity (Wildman–Crippen MR) is 86.1 cm³/mol. The molecule has 0 aromatic carbocycles. The van der Waals surface area contributed by atoms with E-state index in [1.165, 1.54) is 23.3 Å². The van der Waals surface area contributed by atoms with Crippen molar-refractivity contribution in [1.82, 2.24) is 9.55 Å². The molecule has 21 heavy (non-hydrogen) atoms. The van der Waals surface area contributed by atoms with E-state index in [9.17, 15) is 9.90 Å². The fourth-order valence-corrected chi connectivity index (χ4v) is 4.41. The maximum absolute atomic E-state index is 12.9. The third-order valence-corrected chi connectivity index (χ3v) is 5.66. The zero-order chi connectivity index (χ0) is 15.0. The lowest BCUT2D eigenvalue weighted by Crippen LogP contribution is -2.30. The van der Waals surface area contributed by atoms with Crippen molar-refractivity contribution < 1.29 is 5.11 Å². The summed E-state index contributed by atoms with van der Waals surface area (Å²) in [6.45, 7) is 4.01. The van der Waals surface area contributed by atoms with Gasteiger partial charge in [0.1, 0.15) is 4.83 Å². The van der Waals surface area contributed by atoms with Crippen LogP contribution in [-0.2, 0) is 12.8 Å². The number of thiophene rings is 1. The molecule has 1 N–H and O–H groups in total. The zero-order valence-corrected chi connectivity index (χ0v) is 13.4. The van der Waals surface area contributed by atoms with Gasteiger partial charge in [-0.2, -0.15) is 0 Å². The van der Waals surface area contributed by atoms with Crippen molar-refractivity contribution in [2.24, 2.45) is 5.92 Å². The largest absolute Gasteiger partial charge is 0.394 e. The minimum absolute atomic E-state index is 0.0205. The minimum Gasteiger partial charge on any atom is -0.394 e. The van der Waals surface area contributed by atoms with Crippen LogP contribution in [0.15, 0.2) is 11.1 Å². The Morgan fingerprint density at radius 2 is 2.10 bits per heavy atom. The van der Waals surface area contributed by atoms with Gasteiger partial charge in [0.05, 0.1) is 24.4 Å². The van der Waals surface area contributed by atoms with Crippen LogP contribution in [-0.4, -0.2) is 21.3 Å². The second kappa shape index (κ2) is 5.89. The highest BCUT2D eigenvalue weighted by molar-refractivity contribution is 7.18. The molecular formula is C16H22N2O2S. The predicted octanol–water partition coefficient (Wildman–Crippen LogP) is 2.92. The first-order valence-corrected chi connectivity index (χ1v) is 8.57. The van der Waals surface area contributed by atoms with Gasteiger partial charge in [0, 0.05) is 4.88 Å². The van der Waals surface area contributed by atoms with Crippen LogP contribution in [0.3, 0.4) is 0 Å². The number of fused-ring (bicyclic) bond motifs is 3. The lowest BCUT2D eigenvalue weighted by Gasteiger charge is -2.20. The molecule has 0 bridgehead atoms. The van der Waals surface area contributed by atoms with Gasteiger partial charge in [0.2, 0.25) is 0 Å². The van der Waals surface area contributed by atoms with Gasteiger partial charge < -0.3 is 5.11 Å². The van der Waals surface area contributed by atoms with Crippen molar-refractivity contribution in [1.29, 1.82) is 0 Å². The first kappa shape index (κ1) is 14.7. The highest BCUT2D eigenvalue weighted by atomic mass is 32.1. The van der Waals surface area contributed by atoms with E-state index in [1.807, 2.05) is 13.8 Å². The molecule has 0 radical (unpaired) electrons. The van der Waals surface area contributed by atoms with E-state index in [4.69, 9.17) is 0 Å². The van der Waals surface area contributed by atoms with Gasteiger partial charge in [-0.15, -0.1) is 11.3 Å². The number of aliphatic hydroxyl groups excluding tert-OH is 1. The summed E-state index contributed by atoms with van der Waals surface area (Å²) in [6, 6.07) is -0.198. The molecule has 0 aliphatic heterocycles. The standard InChI is InChI=1S/C16H22N2O2S/c1-10(2)12(8-19)18-9-17-15-14(16(18)20)11-6-4-3-5-7-13(11)21-15/h9-10,12,19H,3-8H2,1-2H3. The molecule has 2 aromatic rings. The van der Waals surface area contributed by atoms with Crippen LogP contribution < -0.4 is 5.56 Å². The highest BCUT2D eigenvalue weighted by Crippen LogP contribution is 2.33. The zero-order valence-electron chi connectivity index (χ0n) is 12.6. The van der Waals surface area contributed by atoms with Crippen molar-refractivity contribution in [3.63, 3.8) is 0 Å². The minimum atomic E-state index is -0.198. The number of aryl methyl sites for hydroxylation is 2. The molecule has 1 unspecified atom stereocenters. The van der Waals surface area contributed by atoms with Gasteiger partial charge in [0.25, 0.3) is 5.56 Å². The number of hydrogen-bond donors (Lipinski definition) is 1. The molecule has 4 nitrogen and oxygen atoms in total. The Hall–Kier alpha value is -1.20. The van der Waals surface area contributed by atoms with E-state index in [-0.39, 0.29) is 24.1 Å². The van der Waals surface area contributed by atoms with Crippen LogP contribution in [0.5, 0.6) is 0 Å². The average Bonchev–Trinajstić information content (AvgIpc) is 2.65. The molecule has 0 fully saturated rings. The van der Waals surface area contributed by atoms with Crippen LogP contribution in [0.4, 0.5) is 0 Å². The lowest BCUT2D eigenvalue weighted by molar-refractivity contribution is 0.189. The summed E-state index contributed by atoms with van der Waals surface area (Å²) >= 11 is 1.68. The summed E-state index contributed by atoms with van der Waals surface area (Å²) in [5, 5.41) is 10.4. The number of hydrogen-bond acceptors (Lipinski definition) is 4. The third kappa shape index (κ3) is 2.53. The molecule has 0 spiro atoms. The third-order valence-electron chi connectivity index (χ3n) is 4.46. The fourth-order valence-electron chi connectivity index (χ4n) is 3.19. The van der Waals surface area contributed by atoms with E-state index in [1.54, 1.807) is 22.2 Å². The monoisotopic (exact) mass is 306 g/mol. The maximum atomic E-state index is 12.9. The lowest BCUT2D eigenvalue weighted by atomic mass is 10.0. The molecule has 1 aliphatic rings. The second-order valence-corrected chi connectivity index (χ2v) is 7.28. The van der Waals surface area contributed by atoms with Crippen LogP contribution in [0, 0.1) is 5.92 Å². The molecule has 1 aliphatic carbocycles. The SMILES string of the molecule is CC(C)C(CO)n1cnc2sc3c(c2c1=O)CCCCC3. The normalized spacial score (nSPS) is 17.0. The summed E-state index contributed by atoms with van der Waals surface area (Å²) in [7, 11) is 0. The number of rotatable bonds is 3. The first-order valence-electron chi connectivity index (χ1n) is 7.75. The number of aromatic nitrogens is 2. The summed E-state index contributed by atoms with van der Waals surface area (Å²) in [5.74, 6) is 0.198. The molecule has 0 saturated heterocycles.